The summed E-state index contributed by atoms with van der Waals surface area (Å²) in [5, 5.41) is 3.37. The first-order valence-corrected chi connectivity index (χ1v) is 3.02. The van der Waals surface area contributed by atoms with Crippen molar-refractivity contribution in [1.82, 2.24) is 4.90 Å². The number of hydrogen-bond donors (Lipinski definition) is 2. The molecule has 9 heavy (non-hydrogen) atoms. The van der Waals surface area contributed by atoms with Gasteiger partial charge in [0.15, 0.2) is 0 Å². The molecule has 4 heteroatoms. The second kappa shape index (κ2) is 2.13. The Hall–Kier alpha value is -0.930. The molecule has 4 N–H and O–H groups in total. The lowest BCUT2D eigenvalue weighted by atomic mass is 10.6. The predicted molar refractivity (Wildman–Crippen MR) is 36.6 cm³/mol. The van der Waals surface area contributed by atoms with Crippen LogP contribution in [0.15, 0.2) is 5.10 Å². The van der Waals surface area contributed by atoms with E-state index in [0.717, 1.165) is 0 Å². The Bertz CT molecular complexity index is 127. The van der Waals surface area contributed by atoms with E-state index in [9.17, 15) is 0 Å². The van der Waals surface area contributed by atoms with Crippen molar-refractivity contribution in [3.63, 3.8) is 0 Å². The summed E-state index contributed by atoms with van der Waals surface area (Å²) in [5.74, 6) is 5.39. The van der Waals surface area contributed by atoms with Crippen LogP contribution in [0, 0.1) is 0 Å². The van der Waals surface area contributed by atoms with Crippen molar-refractivity contribution in [2.24, 2.45) is 16.7 Å². The van der Waals surface area contributed by atoms with E-state index in [1.165, 1.54) is 12.8 Å². The van der Waals surface area contributed by atoms with Gasteiger partial charge in [0.25, 0.3) is 0 Å². The van der Waals surface area contributed by atoms with Gasteiger partial charge in [-0.1, -0.05) is 0 Å². The van der Waals surface area contributed by atoms with Gasteiger partial charge >= 0.3 is 0 Å². The molecule has 0 radical (unpaired) electrons. The fourth-order valence-corrected chi connectivity index (χ4v) is 0.740. The topological polar surface area (TPSA) is 67.6 Å². The predicted octanol–water partition coefficient (Wildman–Crippen LogP) is -0.731. The first-order valence-electron chi connectivity index (χ1n) is 3.02. The summed E-state index contributed by atoms with van der Waals surface area (Å²) in [5.41, 5.74) is 5.41. The van der Waals surface area contributed by atoms with Crippen molar-refractivity contribution in [3.8, 4) is 0 Å². The molecule has 1 aliphatic carbocycles. The third kappa shape index (κ3) is 1.25. The zero-order valence-corrected chi connectivity index (χ0v) is 5.54. The van der Waals surface area contributed by atoms with E-state index < -0.39 is 0 Å². The fourth-order valence-electron chi connectivity index (χ4n) is 0.740. The van der Waals surface area contributed by atoms with Gasteiger partial charge in [0.1, 0.15) is 0 Å². The Labute approximate surface area is 54.5 Å². The summed E-state index contributed by atoms with van der Waals surface area (Å²) in [4.78, 5) is 1.90. The first kappa shape index (κ1) is 6.19. The highest BCUT2D eigenvalue weighted by atomic mass is 15.3. The Morgan fingerprint density at radius 1 is 1.67 bits per heavy atom. The van der Waals surface area contributed by atoms with Gasteiger partial charge in [-0.15, -0.1) is 5.10 Å². The molecular formula is C5H12N4. The summed E-state index contributed by atoms with van der Waals surface area (Å²) in [6, 6.07) is 0.595. The minimum Gasteiger partial charge on any atom is -0.368 e. The lowest BCUT2D eigenvalue weighted by molar-refractivity contribution is 0.488. The minimum absolute atomic E-state index is 0.428. The van der Waals surface area contributed by atoms with E-state index in [2.05, 4.69) is 5.10 Å². The highest BCUT2D eigenvalue weighted by Crippen LogP contribution is 2.24. The van der Waals surface area contributed by atoms with Crippen LogP contribution in [0.4, 0.5) is 0 Å². The maximum Gasteiger partial charge on any atom is 0.213 e. The smallest absolute Gasteiger partial charge is 0.213 e. The number of guanidine groups is 1. The molecule has 0 aliphatic heterocycles. The van der Waals surface area contributed by atoms with Crippen LogP contribution in [0.25, 0.3) is 0 Å². The molecule has 1 fully saturated rings. The molecule has 0 unspecified atom stereocenters. The lowest BCUT2D eigenvalue weighted by Gasteiger charge is -2.14. The van der Waals surface area contributed by atoms with Crippen LogP contribution in [-0.4, -0.2) is 23.9 Å². The molecule has 4 nitrogen and oxygen atoms in total. The average molecular weight is 128 g/mol. The molecular weight excluding hydrogens is 116 g/mol. The van der Waals surface area contributed by atoms with Crippen LogP contribution in [0.3, 0.4) is 0 Å². The van der Waals surface area contributed by atoms with Crippen LogP contribution >= 0.6 is 0 Å². The molecule has 0 heterocycles. The third-order valence-electron chi connectivity index (χ3n) is 1.59. The van der Waals surface area contributed by atoms with E-state index in [1.807, 2.05) is 11.9 Å². The second-order valence-corrected chi connectivity index (χ2v) is 2.33. The molecule has 1 rings (SSSR count). The molecule has 0 aromatic carbocycles. The number of rotatable bonds is 1. The quantitative estimate of drug-likeness (QED) is 0.212. The van der Waals surface area contributed by atoms with Crippen LogP contribution in [-0.2, 0) is 0 Å². The van der Waals surface area contributed by atoms with Gasteiger partial charge in [0.05, 0.1) is 0 Å². The number of nitrogens with two attached hydrogens (primary N) is 2. The Kier molecular flexibility index (Phi) is 1.46. The molecule has 52 valence electrons. The van der Waals surface area contributed by atoms with Crippen molar-refractivity contribution < 1.29 is 0 Å². The standard InChI is InChI=1S/C5H12N4/c1-9(4-2-3-4)5(6)8-7/h4H,2-3,7H2,1H3,(H2,6,8). The molecule has 1 aliphatic rings. The molecule has 0 spiro atoms. The highest BCUT2D eigenvalue weighted by molar-refractivity contribution is 5.78. The maximum absolute atomic E-state index is 5.41. The molecule has 1 saturated carbocycles. The van der Waals surface area contributed by atoms with E-state index in [-0.39, 0.29) is 0 Å². The van der Waals surface area contributed by atoms with Crippen molar-refractivity contribution >= 4 is 5.96 Å². The molecule has 0 aromatic rings. The van der Waals surface area contributed by atoms with Crippen LogP contribution < -0.4 is 11.6 Å². The van der Waals surface area contributed by atoms with E-state index in [4.69, 9.17) is 11.6 Å². The van der Waals surface area contributed by atoms with Gasteiger partial charge < -0.3 is 16.5 Å². The van der Waals surface area contributed by atoms with Crippen molar-refractivity contribution in [2.75, 3.05) is 7.05 Å². The monoisotopic (exact) mass is 128 g/mol. The van der Waals surface area contributed by atoms with Crippen molar-refractivity contribution in [2.45, 2.75) is 18.9 Å². The Morgan fingerprint density at radius 3 is 2.56 bits per heavy atom. The van der Waals surface area contributed by atoms with E-state index in [1.54, 1.807) is 0 Å². The van der Waals surface area contributed by atoms with Gasteiger partial charge in [0.2, 0.25) is 5.96 Å². The van der Waals surface area contributed by atoms with Gasteiger partial charge in [0, 0.05) is 13.1 Å². The van der Waals surface area contributed by atoms with Crippen LogP contribution in [0.2, 0.25) is 0 Å². The minimum atomic E-state index is 0.428. The van der Waals surface area contributed by atoms with E-state index >= 15 is 0 Å². The molecule has 0 saturated heterocycles. The average Bonchev–Trinajstić information content (AvgIpc) is 2.66. The number of hydrazone groups is 1. The van der Waals surface area contributed by atoms with Crippen LogP contribution in [0.5, 0.6) is 0 Å². The van der Waals surface area contributed by atoms with Gasteiger partial charge in [-0.3, -0.25) is 0 Å². The fraction of sp³-hybridized carbons (Fsp3) is 0.800. The first-order chi connectivity index (χ1) is 4.25. The number of nitrogens with zero attached hydrogens (tertiary/aromatic N) is 2. The summed E-state index contributed by atoms with van der Waals surface area (Å²) in [7, 11) is 1.91. The summed E-state index contributed by atoms with van der Waals surface area (Å²) in [6.45, 7) is 0. The van der Waals surface area contributed by atoms with Gasteiger partial charge in [-0.05, 0) is 12.8 Å². The molecule has 0 amide bonds. The molecule has 0 aromatic heterocycles. The maximum atomic E-state index is 5.41. The largest absolute Gasteiger partial charge is 0.368 e. The Balaban J connectivity index is 2.40. The zero-order chi connectivity index (χ0) is 6.85. The zero-order valence-electron chi connectivity index (χ0n) is 5.54. The van der Waals surface area contributed by atoms with Gasteiger partial charge in [-0.25, -0.2) is 0 Å². The van der Waals surface area contributed by atoms with Crippen molar-refractivity contribution in [3.05, 3.63) is 0 Å². The molecule has 0 bridgehead atoms. The number of hydrogen-bond acceptors (Lipinski definition) is 2. The second-order valence-electron chi connectivity index (χ2n) is 2.33. The highest BCUT2D eigenvalue weighted by Gasteiger charge is 2.27. The summed E-state index contributed by atoms with van der Waals surface area (Å²) in [6.07, 6.45) is 2.43. The van der Waals surface area contributed by atoms with E-state index in [0.29, 0.717) is 12.0 Å². The van der Waals surface area contributed by atoms with Crippen LogP contribution in [0.1, 0.15) is 12.8 Å². The SMILES string of the molecule is CN(/C(N)=N/N)C1CC1. The lowest BCUT2D eigenvalue weighted by Crippen LogP contribution is -2.36. The molecule has 0 atom stereocenters. The van der Waals surface area contributed by atoms with Gasteiger partial charge in [-0.2, -0.15) is 0 Å². The summed E-state index contributed by atoms with van der Waals surface area (Å²) >= 11 is 0. The third-order valence-corrected chi connectivity index (χ3v) is 1.59. The van der Waals surface area contributed by atoms with Crippen molar-refractivity contribution in [1.29, 1.82) is 0 Å². The Morgan fingerprint density at radius 2 is 2.22 bits per heavy atom. The summed E-state index contributed by atoms with van der Waals surface area (Å²) < 4.78 is 0. The normalized spacial score (nSPS) is 19.9.